The molecular weight excluding hydrogens is 376 g/mol. The molecule has 28 heavy (non-hydrogen) atoms. The minimum absolute atomic E-state index is 0.0918. The molecular formula is C20H28N4O3S. The molecule has 1 aliphatic heterocycles. The molecule has 3 heterocycles. The van der Waals surface area contributed by atoms with Crippen LogP contribution in [0.5, 0.6) is 0 Å². The van der Waals surface area contributed by atoms with Crippen molar-refractivity contribution in [2.75, 3.05) is 32.8 Å². The van der Waals surface area contributed by atoms with Gasteiger partial charge in [-0.3, -0.25) is 9.69 Å². The van der Waals surface area contributed by atoms with E-state index in [-0.39, 0.29) is 5.91 Å². The Morgan fingerprint density at radius 1 is 1.36 bits per heavy atom. The molecule has 0 aliphatic carbocycles. The van der Waals surface area contributed by atoms with Crippen molar-refractivity contribution in [3.8, 4) is 0 Å². The lowest BCUT2D eigenvalue weighted by Gasteiger charge is -2.36. The van der Waals surface area contributed by atoms with E-state index in [1.54, 1.807) is 12.3 Å². The number of thioether (sulfide) groups is 1. The van der Waals surface area contributed by atoms with Gasteiger partial charge in [0.1, 0.15) is 10.8 Å². The Morgan fingerprint density at radius 3 is 2.82 bits per heavy atom. The SMILES string of the molecule is Cc1cc(CSc2ncccc2C(=O)NCC(C(C)C)N2CCOCC2)no1. The minimum Gasteiger partial charge on any atom is -0.379 e. The van der Waals surface area contributed by atoms with Crippen molar-refractivity contribution in [1.29, 1.82) is 0 Å². The van der Waals surface area contributed by atoms with Gasteiger partial charge in [0.2, 0.25) is 0 Å². The van der Waals surface area contributed by atoms with Crippen LogP contribution in [0.3, 0.4) is 0 Å². The van der Waals surface area contributed by atoms with Crippen LogP contribution < -0.4 is 5.32 Å². The van der Waals surface area contributed by atoms with E-state index in [0.29, 0.717) is 34.8 Å². The zero-order valence-electron chi connectivity index (χ0n) is 16.7. The quantitative estimate of drug-likeness (QED) is 0.678. The van der Waals surface area contributed by atoms with E-state index in [9.17, 15) is 4.79 Å². The summed E-state index contributed by atoms with van der Waals surface area (Å²) in [6, 6.07) is 5.79. The molecule has 1 N–H and O–H groups in total. The largest absolute Gasteiger partial charge is 0.379 e. The van der Waals surface area contributed by atoms with Gasteiger partial charge in [0.15, 0.2) is 0 Å². The van der Waals surface area contributed by atoms with Crippen LogP contribution >= 0.6 is 11.8 Å². The molecule has 1 amide bonds. The highest BCUT2D eigenvalue weighted by Gasteiger charge is 2.25. The van der Waals surface area contributed by atoms with Crippen molar-refractivity contribution in [2.24, 2.45) is 5.92 Å². The van der Waals surface area contributed by atoms with Crippen LogP contribution in [0.4, 0.5) is 0 Å². The third kappa shape index (κ3) is 5.56. The average Bonchev–Trinajstić information content (AvgIpc) is 3.12. The Kier molecular flexibility index (Phi) is 7.47. The normalized spacial score (nSPS) is 16.3. The van der Waals surface area contributed by atoms with E-state index in [1.165, 1.54) is 11.8 Å². The van der Waals surface area contributed by atoms with E-state index < -0.39 is 0 Å². The summed E-state index contributed by atoms with van der Waals surface area (Å²) in [7, 11) is 0. The molecule has 1 unspecified atom stereocenters. The van der Waals surface area contributed by atoms with Gasteiger partial charge in [-0.25, -0.2) is 4.98 Å². The van der Waals surface area contributed by atoms with Crippen molar-refractivity contribution in [3.63, 3.8) is 0 Å². The third-order valence-corrected chi connectivity index (χ3v) is 5.84. The van der Waals surface area contributed by atoms with E-state index in [1.807, 2.05) is 19.1 Å². The van der Waals surface area contributed by atoms with Crippen LogP contribution in [0.2, 0.25) is 0 Å². The molecule has 1 atom stereocenters. The number of carbonyl (C=O) groups excluding carboxylic acids is 1. The van der Waals surface area contributed by atoms with Crippen molar-refractivity contribution >= 4 is 17.7 Å². The number of rotatable bonds is 8. The summed E-state index contributed by atoms with van der Waals surface area (Å²) in [6.07, 6.45) is 1.71. The van der Waals surface area contributed by atoms with Gasteiger partial charge in [0.05, 0.1) is 24.5 Å². The lowest BCUT2D eigenvalue weighted by atomic mass is 10.0. The van der Waals surface area contributed by atoms with Crippen LogP contribution in [0.25, 0.3) is 0 Å². The fraction of sp³-hybridized carbons (Fsp3) is 0.550. The van der Waals surface area contributed by atoms with Crippen LogP contribution in [0, 0.1) is 12.8 Å². The lowest BCUT2D eigenvalue weighted by molar-refractivity contribution is 0.00672. The standard InChI is InChI=1S/C20H28N4O3S/c1-14(2)18(24-7-9-26-10-8-24)12-22-19(25)17-5-4-6-21-20(17)28-13-16-11-15(3)27-23-16/h4-6,11,14,18H,7-10,12-13H2,1-3H3,(H,22,25). The summed E-state index contributed by atoms with van der Waals surface area (Å²) in [5, 5.41) is 7.81. The van der Waals surface area contributed by atoms with Crippen molar-refractivity contribution in [1.82, 2.24) is 20.4 Å². The highest BCUT2D eigenvalue weighted by molar-refractivity contribution is 7.98. The number of hydrogen-bond acceptors (Lipinski definition) is 7. The van der Waals surface area contributed by atoms with Crippen LogP contribution in [-0.4, -0.2) is 59.8 Å². The summed E-state index contributed by atoms with van der Waals surface area (Å²) in [6.45, 7) is 10.2. The van der Waals surface area contributed by atoms with Crippen molar-refractivity contribution in [3.05, 3.63) is 41.4 Å². The fourth-order valence-corrected chi connectivity index (χ4v) is 4.17. The van der Waals surface area contributed by atoms with Gasteiger partial charge in [-0.1, -0.05) is 30.8 Å². The van der Waals surface area contributed by atoms with Gasteiger partial charge >= 0.3 is 0 Å². The highest BCUT2D eigenvalue weighted by atomic mass is 32.2. The Hall–Kier alpha value is -1.90. The Morgan fingerprint density at radius 2 is 2.14 bits per heavy atom. The number of nitrogens with zero attached hydrogens (tertiary/aromatic N) is 3. The number of aromatic nitrogens is 2. The molecule has 0 radical (unpaired) electrons. The number of nitrogens with one attached hydrogen (secondary N) is 1. The summed E-state index contributed by atoms with van der Waals surface area (Å²) in [5.74, 6) is 1.73. The van der Waals surface area contributed by atoms with Gasteiger partial charge in [-0.15, -0.1) is 0 Å². The summed E-state index contributed by atoms with van der Waals surface area (Å²) < 4.78 is 10.6. The maximum Gasteiger partial charge on any atom is 0.254 e. The second-order valence-corrected chi connectivity index (χ2v) is 8.21. The first-order chi connectivity index (χ1) is 13.5. The first-order valence-corrected chi connectivity index (χ1v) is 10.6. The molecule has 8 heteroatoms. The van der Waals surface area contributed by atoms with Crippen LogP contribution in [0.1, 0.15) is 35.7 Å². The average molecular weight is 405 g/mol. The molecule has 0 spiro atoms. The van der Waals surface area contributed by atoms with E-state index in [4.69, 9.17) is 9.26 Å². The second kappa shape index (κ2) is 10.0. The highest BCUT2D eigenvalue weighted by Crippen LogP contribution is 2.24. The fourth-order valence-electron chi connectivity index (χ4n) is 3.29. The van der Waals surface area contributed by atoms with Crippen molar-refractivity contribution in [2.45, 2.75) is 37.6 Å². The summed E-state index contributed by atoms with van der Waals surface area (Å²) >= 11 is 1.49. The monoisotopic (exact) mass is 404 g/mol. The predicted molar refractivity (Wildman–Crippen MR) is 108 cm³/mol. The van der Waals surface area contributed by atoms with E-state index in [2.05, 4.69) is 34.2 Å². The number of morpholine rings is 1. The smallest absolute Gasteiger partial charge is 0.254 e. The molecule has 1 fully saturated rings. The molecule has 3 rings (SSSR count). The zero-order chi connectivity index (χ0) is 19.9. The topological polar surface area (TPSA) is 80.5 Å². The minimum atomic E-state index is -0.0918. The molecule has 0 aromatic carbocycles. The third-order valence-electron chi connectivity index (χ3n) is 4.81. The first-order valence-electron chi connectivity index (χ1n) is 9.64. The molecule has 0 saturated carbocycles. The number of aryl methyl sites for hydroxylation is 1. The molecule has 2 aromatic rings. The molecule has 2 aromatic heterocycles. The van der Waals surface area contributed by atoms with Gasteiger partial charge < -0.3 is 14.6 Å². The van der Waals surface area contributed by atoms with Crippen LogP contribution in [0.15, 0.2) is 33.9 Å². The number of pyridine rings is 1. The Bertz CT molecular complexity index is 774. The van der Waals surface area contributed by atoms with E-state index >= 15 is 0 Å². The lowest BCUT2D eigenvalue weighted by Crippen LogP contribution is -2.51. The maximum atomic E-state index is 12.8. The summed E-state index contributed by atoms with van der Waals surface area (Å²) in [4.78, 5) is 19.6. The molecule has 1 saturated heterocycles. The first kappa shape index (κ1) is 20.8. The van der Waals surface area contributed by atoms with Crippen LogP contribution in [-0.2, 0) is 10.5 Å². The second-order valence-electron chi connectivity index (χ2n) is 7.24. The summed E-state index contributed by atoms with van der Waals surface area (Å²) in [5.41, 5.74) is 1.43. The van der Waals surface area contributed by atoms with Gasteiger partial charge in [0.25, 0.3) is 5.91 Å². The predicted octanol–water partition coefficient (Wildman–Crippen LogP) is 2.76. The van der Waals surface area contributed by atoms with Gasteiger partial charge in [-0.05, 0) is 25.0 Å². The number of amides is 1. The maximum absolute atomic E-state index is 12.8. The molecule has 1 aliphatic rings. The Balaban J connectivity index is 1.61. The van der Waals surface area contributed by atoms with Gasteiger partial charge in [0, 0.05) is 43.7 Å². The Labute approximate surface area is 170 Å². The van der Waals surface area contributed by atoms with Crippen molar-refractivity contribution < 1.29 is 14.1 Å². The molecule has 152 valence electrons. The zero-order valence-corrected chi connectivity index (χ0v) is 17.5. The van der Waals surface area contributed by atoms with Gasteiger partial charge in [-0.2, -0.15) is 0 Å². The number of ether oxygens (including phenoxy) is 1. The number of carbonyl (C=O) groups is 1. The molecule has 0 bridgehead atoms. The molecule has 7 nitrogen and oxygen atoms in total. The van der Waals surface area contributed by atoms with E-state index in [0.717, 1.165) is 37.8 Å². The number of hydrogen-bond donors (Lipinski definition) is 1.